The van der Waals surface area contributed by atoms with E-state index in [0.29, 0.717) is 0 Å². The average Bonchev–Trinajstić information content (AvgIpc) is 2.89. The fraction of sp³-hybridized carbons (Fsp3) is 0. The fourth-order valence-electron chi connectivity index (χ4n) is 4.02. The number of rotatable bonds is 3. The maximum Gasteiger partial charge on any atom is 0.115 e. The van der Waals surface area contributed by atoms with Crippen molar-refractivity contribution in [3.8, 4) is 33.5 Å². The van der Waals surface area contributed by atoms with Gasteiger partial charge in [-0.05, 0) is 28.8 Å². The Morgan fingerprint density at radius 2 is 1.03 bits per heavy atom. The number of aromatic nitrogens is 4. The topological polar surface area (TPSA) is 51.6 Å². The Hall–Kier alpha value is -4.44. The first-order valence-corrected chi connectivity index (χ1v) is 10.5. The highest BCUT2D eigenvalue weighted by Gasteiger charge is 2.07. The summed E-state index contributed by atoms with van der Waals surface area (Å²) in [4.78, 5) is 17.7. The van der Waals surface area contributed by atoms with Crippen LogP contribution in [0.5, 0.6) is 0 Å². The van der Waals surface area contributed by atoms with E-state index in [9.17, 15) is 0 Å². The van der Waals surface area contributed by atoms with E-state index in [2.05, 4.69) is 93.8 Å². The van der Waals surface area contributed by atoms with Gasteiger partial charge < -0.3 is 0 Å². The van der Waals surface area contributed by atoms with Gasteiger partial charge in [-0.1, -0.05) is 72.8 Å². The lowest BCUT2D eigenvalue weighted by Gasteiger charge is -2.08. The molecule has 0 unspecified atom stereocenters. The van der Waals surface area contributed by atoms with Crippen molar-refractivity contribution < 1.29 is 0 Å². The largest absolute Gasteiger partial charge is 0.254 e. The summed E-state index contributed by atoms with van der Waals surface area (Å²) >= 11 is 0. The fourth-order valence-corrected chi connectivity index (χ4v) is 4.02. The lowest BCUT2D eigenvalue weighted by atomic mass is 10.00. The molecule has 0 saturated heterocycles. The summed E-state index contributed by atoms with van der Waals surface area (Å²) in [5.41, 5.74) is 8.35. The minimum absolute atomic E-state index is 0.935. The normalized spacial score (nSPS) is 11.1. The van der Waals surface area contributed by atoms with Crippen LogP contribution in [0.3, 0.4) is 0 Å². The Balaban J connectivity index is 1.33. The van der Waals surface area contributed by atoms with E-state index in [-0.39, 0.29) is 0 Å². The molecular formula is C28H18N4. The molecule has 4 heteroatoms. The van der Waals surface area contributed by atoms with Gasteiger partial charge in [0, 0.05) is 40.5 Å². The van der Waals surface area contributed by atoms with E-state index in [1.54, 1.807) is 6.33 Å². The monoisotopic (exact) mass is 410 g/mol. The Kier molecular flexibility index (Phi) is 4.40. The van der Waals surface area contributed by atoms with Crippen molar-refractivity contribution in [1.29, 1.82) is 0 Å². The van der Waals surface area contributed by atoms with Crippen LogP contribution in [0.4, 0.5) is 0 Å². The second-order valence-corrected chi connectivity index (χ2v) is 7.69. The third kappa shape index (κ3) is 3.28. The molecule has 4 nitrogen and oxygen atoms in total. The van der Waals surface area contributed by atoms with Gasteiger partial charge in [-0.2, -0.15) is 0 Å². The quantitative estimate of drug-likeness (QED) is 0.310. The van der Waals surface area contributed by atoms with E-state index < -0.39 is 0 Å². The molecule has 0 fully saturated rings. The van der Waals surface area contributed by atoms with Gasteiger partial charge in [-0.25, -0.2) is 15.0 Å². The molecule has 0 atom stereocenters. The Morgan fingerprint density at radius 1 is 0.469 bits per heavy atom. The molecular weight excluding hydrogens is 392 g/mol. The summed E-state index contributed by atoms with van der Waals surface area (Å²) in [5, 5.41) is 2.20. The molecule has 3 aromatic heterocycles. The first kappa shape index (κ1) is 18.3. The van der Waals surface area contributed by atoms with Crippen molar-refractivity contribution >= 4 is 21.8 Å². The SMILES string of the molecule is c1cnc2c(c1)ccc1ccc(-c3ccc(-c4ccc(-c5cncnc5)cc4)cc3)nc12. The van der Waals surface area contributed by atoms with Gasteiger partial charge in [0.1, 0.15) is 6.33 Å². The van der Waals surface area contributed by atoms with E-state index in [4.69, 9.17) is 4.98 Å². The third-order valence-corrected chi connectivity index (χ3v) is 5.72. The van der Waals surface area contributed by atoms with Gasteiger partial charge in [0.2, 0.25) is 0 Å². The van der Waals surface area contributed by atoms with Crippen molar-refractivity contribution in [3.05, 3.63) is 110 Å². The zero-order valence-corrected chi connectivity index (χ0v) is 17.2. The molecule has 0 radical (unpaired) electrons. The summed E-state index contributed by atoms with van der Waals surface area (Å²) in [5.74, 6) is 0. The number of hydrogen-bond acceptors (Lipinski definition) is 4. The molecule has 0 aliphatic rings. The van der Waals surface area contributed by atoms with Crippen LogP contribution in [-0.2, 0) is 0 Å². The number of hydrogen-bond donors (Lipinski definition) is 0. The highest BCUT2D eigenvalue weighted by molar-refractivity contribution is 6.03. The standard InChI is InChI=1S/C28H18N4/c1-2-23-11-12-24-13-14-26(32-28(24)27(23)31-15-1)22-9-7-20(8-10-22)19-3-5-21(6-4-19)25-16-29-18-30-17-25/h1-18H. The zero-order valence-electron chi connectivity index (χ0n) is 17.2. The summed E-state index contributed by atoms with van der Waals surface area (Å²) in [6.07, 6.45) is 7.02. The van der Waals surface area contributed by atoms with E-state index in [0.717, 1.165) is 49.8 Å². The van der Waals surface area contributed by atoms with Crippen molar-refractivity contribution in [2.24, 2.45) is 0 Å². The molecule has 0 spiro atoms. The van der Waals surface area contributed by atoms with Crippen LogP contribution >= 0.6 is 0 Å². The van der Waals surface area contributed by atoms with E-state index in [1.165, 1.54) is 5.56 Å². The van der Waals surface area contributed by atoms with Crippen molar-refractivity contribution in [2.75, 3.05) is 0 Å². The molecule has 0 N–H and O–H groups in total. The zero-order chi connectivity index (χ0) is 21.3. The van der Waals surface area contributed by atoms with Crippen molar-refractivity contribution in [1.82, 2.24) is 19.9 Å². The number of fused-ring (bicyclic) bond motifs is 3. The summed E-state index contributed by atoms with van der Waals surface area (Å²) < 4.78 is 0. The van der Waals surface area contributed by atoms with Crippen LogP contribution in [0, 0.1) is 0 Å². The molecule has 6 rings (SSSR count). The number of pyridine rings is 2. The molecule has 0 saturated carbocycles. The number of nitrogens with zero attached hydrogens (tertiary/aromatic N) is 4. The first-order chi connectivity index (χ1) is 15.8. The van der Waals surface area contributed by atoms with Gasteiger partial charge in [-0.15, -0.1) is 0 Å². The first-order valence-electron chi connectivity index (χ1n) is 10.5. The minimum Gasteiger partial charge on any atom is -0.254 e. The average molecular weight is 410 g/mol. The predicted molar refractivity (Wildman–Crippen MR) is 129 cm³/mol. The summed E-state index contributed by atoms with van der Waals surface area (Å²) in [6.45, 7) is 0. The predicted octanol–water partition coefficient (Wildman–Crippen LogP) is 6.57. The van der Waals surface area contributed by atoms with Crippen LogP contribution in [0.1, 0.15) is 0 Å². The third-order valence-electron chi connectivity index (χ3n) is 5.72. The minimum atomic E-state index is 0.935. The van der Waals surface area contributed by atoms with Gasteiger partial charge in [-0.3, -0.25) is 4.98 Å². The Morgan fingerprint density at radius 3 is 1.72 bits per heavy atom. The Labute approximate surface area is 185 Å². The second kappa shape index (κ2) is 7.67. The maximum atomic E-state index is 4.95. The lowest BCUT2D eigenvalue weighted by molar-refractivity contribution is 1.17. The van der Waals surface area contributed by atoms with Gasteiger partial charge >= 0.3 is 0 Å². The van der Waals surface area contributed by atoms with Crippen LogP contribution in [0.15, 0.2) is 110 Å². The second-order valence-electron chi connectivity index (χ2n) is 7.69. The summed E-state index contributed by atoms with van der Waals surface area (Å²) in [7, 11) is 0. The van der Waals surface area contributed by atoms with Crippen LogP contribution in [-0.4, -0.2) is 19.9 Å². The Bertz CT molecular complexity index is 1540. The van der Waals surface area contributed by atoms with Gasteiger partial charge in [0.05, 0.1) is 16.7 Å². The smallest absolute Gasteiger partial charge is 0.115 e. The molecule has 3 heterocycles. The summed E-state index contributed by atoms with van der Waals surface area (Å²) in [6, 6.07) is 29.4. The van der Waals surface area contributed by atoms with Crippen LogP contribution in [0.2, 0.25) is 0 Å². The molecule has 0 amide bonds. The van der Waals surface area contributed by atoms with E-state index >= 15 is 0 Å². The number of benzene rings is 3. The molecule has 0 bridgehead atoms. The van der Waals surface area contributed by atoms with Crippen LogP contribution in [0.25, 0.3) is 55.3 Å². The molecule has 0 aliphatic heterocycles. The van der Waals surface area contributed by atoms with Gasteiger partial charge in [0.15, 0.2) is 0 Å². The molecule has 150 valence electrons. The van der Waals surface area contributed by atoms with Crippen molar-refractivity contribution in [3.63, 3.8) is 0 Å². The lowest BCUT2D eigenvalue weighted by Crippen LogP contribution is -1.89. The van der Waals surface area contributed by atoms with Gasteiger partial charge in [0.25, 0.3) is 0 Å². The highest BCUT2D eigenvalue weighted by Crippen LogP contribution is 2.29. The van der Waals surface area contributed by atoms with E-state index in [1.807, 2.05) is 24.7 Å². The molecule has 32 heavy (non-hydrogen) atoms. The highest BCUT2D eigenvalue weighted by atomic mass is 14.8. The molecule has 6 aromatic rings. The van der Waals surface area contributed by atoms with Crippen LogP contribution < -0.4 is 0 Å². The van der Waals surface area contributed by atoms with Crippen molar-refractivity contribution in [2.45, 2.75) is 0 Å². The maximum absolute atomic E-state index is 4.95. The molecule has 0 aliphatic carbocycles. The molecule has 3 aromatic carbocycles.